The fourth-order valence-electron chi connectivity index (χ4n) is 1.46. The molecule has 0 amide bonds. The Bertz CT molecular complexity index is 445. The van der Waals surface area contributed by atoms with E-state index in [1.165, 1.54) is 0 Å². The van der Waals surface area contributed by atoms with Crippen LogP contribution >= 0.6 is 0 Å². The summed E-state index contributed by atoms with van der Waals surface area (Å²) in [5.41, 5.74) is 6.50. The van der Waals surface area contributed by atoms with Crippen molar-refractivity contribution < 1.29 is 19.1 Å². The first-order valence-corrected chi connectivity index (χ1v) is 6.95. The predicted molar refractivity (Wildman–Crippen MR) is 76.9 cm³/mol. The number of nitrogens with two attached hydrogens (primary N) is 1. The molecule has 1 rings (SSSR count). The van der Waals surface area contributed by atoms with Crippen LogP contribution in [0.3, 0.4) is 0 Å². The second-order valence-electron chi connectivity index (χ2n) is 5.04. The summed E-state index contributed by atoms with van der Waals surface area (Å²) in [4.78, 5) is 23.0. The Kier molecular flexibility index (Phi) is 7.27. The smallest absolute Gasteiger partial charge is 0.323 e. The molecule has 0 spiro atoms. The van der Waals surface area contributed by atoms with E-state index in [-0.39, 0.29) is 31.5 Å². The topological polar surface area (TPSA) is 78.6 Å². The molecule has 0 heterocycles. The van der Waals surface area contributed by atoms with Crippen molar-refractivity contribution in [2.24, 2.45) is 11.7 Å². The summed E-state index contributed by atoms with van der Waals surface area (Å²) in [5.74, 6) is -0.733. The molecule has 0 unspecified atom stereocenters. The Labute approximate surface area is 125 Å². The highest BCUT2D eigenvalue weighted by atomic mass is 16.5. The van der Waals surface area contributed by atoms with E-state index in [1.807, 2.05) is 13.8 Å². The van der Waals surface area contributed by atoms with Crippen LogP contribution in [-0.2, 0) is 25.7 Å². The van der Waals surface area contributed by atoms with Crippen LogP contribution in [0.25, 0.3) is 0 Å². The molecule has 0 aliphatic carbocycles. The predicted octanol–water partition coefficient (Wildman–Crippen LogP) is 1.64. The second kappa shape index (κ2) is 8.98. The fraction of sp³-hybridized carbons (Fsp3) is 0.500. The van der Waals surface area contributed by atoms with E-state index in [2.05, 4.69) is 12.1 Å². The van der Waals surface area contributed by atoms with Gasteiger partial charge in [0.25, 0.3) is 0 Å². The summed E-state index contributed by atoms with van der Waals surface area (Å²) < 4.78 is 10.1. The van der Waals surface area contributed by atoms with Gasteiger partial charge >= 0.3 is 11.9 Å². The molecule has 0 radical (unpaired) electrons. The minimum Gasteiger partial charge on any atom is -0.465 e. The van der Waals surface area contributed by atoms with Gasteiger partial charge in [0, 0.05) is 6.42 Å². The highest BCUT2D eigenvalue weighted by Gasteiger charge is 2.18. The van der Waals surface area contributed by atoms with E-state index in [0.29, 0.717) is 6.42 Å². The number of esters is 2. The number of hydrogen-bond acceptors (Lipinski definition) is 5. The van der Waals surface area contributed by atoms with Crippen LogP contribution < -0.4 is 5.73 Å². The van der Waals surface area contributed by atoms with Gasteiger partial charge in [0.2, 0.25) is 0 Å². The molecule has 1 atom stereocenters. The largest absolute Gasteiger partial charge is 0.465 e. The van der Waals surface area contributed by atoms with E-state index in [9.17, 15) is 9.59 Å². The maximum absolute atomic E-state index is 11.5. The Morgan fingerprint density at radius 2 is 2.05 bits per heavy atom. The third-order valence-corrected chi connectivity index (χ3v) is 2.88. The van der Waals surface area contributed by atoms with Crippen molar-refractivity contribution in [1.29, 1.82) is 0 Å². The van der Waals surface area contributed by atoms with Crippen molar-refractivity contribution >= 4 is 11.9 Å². The molecular formula is C16H21NO4. The van der Waals surface area contributed by atoms with Crippen LogP contribution in [-0.4, -0.2) is 24.6 Å². The summed E-state index contributed by atoms with van der Waals surface area (Å²) in [7, 11) is 0. The van der Waals surface area contributed by atoms with Gasteiger partial charge in [0.1, 0.15) is 12.6 Å². The number of hydrogen-bond donors (Lipinski definition) is 1. The lowest BCUT2D eigenvalue weighted by molar-refractivity contribution is -0.149. The lowest BCUT2D eigenvalue weighted by Gasteiger charge is -2.14. The van der Waals surface area contributed by atoms with Gasteiger partial charge < -0.3 is 15.2 Å². The molecule has 5 heteroatoms. The molecule has 0 fully saturated rings. The summed E-state index contributed by atoms with van der Waals surface area (Å²) in [6, 6.07) is 10.2. The van der Waals surface area contributed by atoms with Crippen LogP contribution in [0.5, 0.6) is 0 Å². The second-order valence-corrected chi connectivity index (χ2v) is 5.04. The van der Waals surface area contributed by atoms with Crippen molar-refractivity contribution in [2.75, 3.05) is 6.61 Å². The first-order chi connectivity index (χ1) is 10.0. The summed E-state index contributed by atoms with van der Waals surface area (Å²) >= 11 is 0. The van der Waals surface area contributed by atoms with Crippen LogP contribution in [0, 0.1) is 18.1 Å². The van der Waals surface area contributed by atoms with Gasteiger partial charge in [-0.25, -0.2) is 0 Å². The first-order valence-electron chi connectivity index (χ1n) is 6.95. The van der Waals surface area contributed by atoms with Gasteiger partial charge in [-0.2, -0.15) is 0 Å². The quantitative estimate of drug-likeness (QED) is 0.582. The van der Waals surface area contributed by atoms with Gasteiger partial charge in [-0.15, -0.1) is 0 Å². The zero-order valence-electron chi connectivity index (χ0n) is 12.4. The zero-order chi connectivity index (χ0) is 15.7. The molecule has 0 saturated heterocycles. The molecule has 0 aliphatic heterocycles. The average molecular weight is 291 g/mol. The average Bonchev–Trinajstić information content (AvgIpc) is 2.49. The number of ether oxygens (including phenoxy) is 2. The van der Waals surface area contributed by atoms with E-state index in [4.69, 9.17) is 15.2 Å². The Hall–Kier alpha value is -2.06. The minimum atomic E-state index is -0.622. The first kappa shape index (κ1) is 17.0. The van der Waals surface area contributed by atoms with Crippen LogP contribution in [0.15, 0.2) is 18.2 Å². The van der Waals surface area contributed by atoms with Gasteiger partial charge in [-0.05, 0) is 36.1 Å². The van der Waals surface area contributed by atoms with Crippen molar-refractivity contribution in [3.05, 3.63) is 35.9 Å². The maximum Gasteiger partial charge on any atom is 0.323 e. The Morgan fingerprint density at radius 3 is 2.67 bits per heavy atom. The molecule has 2 N–H and O–H groups in total. The molecule has 0 aliphatic rings. The van der Waals surface area contributed by atoms with Gasteiger partial charge in [-0.3, -0.25) is 9.59 Å². The highest BCUT2D eigenvalue weighted by molar-refractivity contribution is 5.75. The third kappa shape index (κ3) is 6.77. The van der Waals surface area contributed by atoms with Crippen LogP contribution in [0.2, 0.25) is 0 Å². The van der Waals surface area contributed by atoms with E-state index >= 15 is 0 Å². The number of rotatable bonds is 8. The fourth-order valence-corrected chi connectivity index (χ4v) is 1.46. The van der Waals surface area contributed by atoms with Crippen LogP contribution in [0.1, 0.15) is 32.3 Å². The molecule has 0 saturated carbocycles. The molecule has 5 nitrogen and oxygen atoms in total. The molecule has 21 heavy (non-hydrogen) atoms. The van der Waals surface area contributed by atoms with Crippen molar-refractivity contribution in [2.45, 2.75) is 39.3 Å². The number of carbonyl (C=O) groups excluding carboxylic acids is 2. The molecular weight excluding hydrogens is 270 g/mol. The van der Waals surface area contributed by atoms with Crippen molar-refractivity contribution in [1.82, 2.24) is 0 Å². The molecule has 1 aromatic rings. The van der Waals surface area contributed by atoms with Crippen molar-refractivity contribution in [3.8, 4) is 0 Å². The van der Waals surface area contributed by atoms with Gasteiger partial charge in [0.15, 0.2) is 0 Å². The molecule has 0 bridgehead atoms. The van der Waals surface area contributed by atoms with Crippen LogP contribution in [0.4, 0.5) is 0 Å². The lowest BCUT2D eigenvalue weighted by Crippen LogP contribution is -2.37. The highest BCUT2D eigenvalue weighted by Crippen LogP contribution is 2.03. The molecule has 0 aromatic heterocycles. The summed E-state index contributed by atoms with van der Waals surface area (Å²) in [6.45, 7) is 4.08. The van der Waals surface area contributed by atoms with Gasteiger partial charge in [0.05, 0.1) is 6.61 Å². The SMILES string of the molecule is CC(C)[C@H](N)C(=O)OCCCC(=O)OCc1cc#ccc1. The maximum atomic E-state index is 11.5. The van der Waals surface area contributed by atoms with E-state index in [1.54, 1.807) is 18.2 Å². The zero-order valence-corrected chi connectivity index (χ0v) is 12.4. The van der Waals surface area contributed by atoms with Crippen molar-refractivity contribution in [3.63, 3.8) is 0 Å². The Morgan fingerprint density at radius 1 is 1.29 bits per heavy atom. The normalized spacial score (nSPS) is 11.6. The third-order valence-electron chi connectivity index (χ3n) is 2.88. The minimum absolute atomic E-state index is 0.0300. The standard InChI is InChI=1S/C16H21NO4/c1-12(2)15(17)16(19)20-10-6-9-14(18)21-11-13-7-4-3-5-8-13/h4,7-8,12,15H,6,9-11,17H2,1-2H3/t15-/m0/s1. The lowest BCUT2D eigenvalue weighted by atomic mass is 10.1. The van der Waals surface area contributed by atoms with E-state index in [0.717, 1.165) is 5.56 Å². The van der Waals surface area contributed by atoms with Gasteiger partial charge in [-0.1, -0.05) is 26.0 Å². The monoisotopic (exact) mass is 291 g/mol. The molecule has 1 aromatic carbocycles. The number of carbonyl (C=O) groups is 2. The molecule has 114 valence electrons. The Balaban J connectivity index is 2.12. The summed E-state index contributed by atoms with van der Waals surface area (Å²) in [5, 5.41) is 0. The van der Waals surface area contributed by atoms with E-state index < -0.39 is 12.0 Å². The summed E-state index contributed by atoms with van der Waals surface area (Å²) in [6.07, 6.45) is 0.622.